The Bertz CT molecular complexity index is 293. The molecule has 0 radical (unpaired) electrons. The van der Waals surface area contributed by atoms with Gasteiger partial charge in [0.25, 0.3) is 0 Å². The Balaban J connectivity index is 1.87. The third-order valence-corrected chi connectivity index (χ3v) is 3.71. The Morgan fingerprint density at radius 1 is 1.24 bits per heavy atom. The first kappa shape index (κ1) is 12.5. The molecule has 3 nitrogen and oxygen atoms in total. The molecule has 2 rings (SSSR count). The molecular weight excluding hydrogens is 233 g/mol. The third-order valence-electron chi connectivity index (χ3n) is 3.71. The molecule has 2 fully saturated rings. The summed E-state index contributed by atoms with van der Waals surface area (Å²) in [5.41, 5.74) is 0. The molecule has 1 heterocycles. The van der Waals surface area contributed by atoms with Gasteiger partial charge in [-0.15, -0.1) is 0 Å². The van der Waals surface area contributed by atoms with Crippen LogP contribution in [0.2, 0.25) is 0 Å². The zero-order chi connectivity index (χ0) is 12.5. The molecule has 2 amide bonds. The molecule has 1 aliphatic heterocycles. The van der Waals surface area contributed by atoms with Gasteiger partial charge < -0.3 is 10.2 Å². The van der Waals surface area contributed by atoms with Crippen molar-refractivity contribution in [1.82, 2.24) is 10.2 Å². The van der Waals surface area contributed by atoms with Crippen molar-refractivity contribution in [2.45, 2.75) is 44.3 Å². The van der Waals surface area contributed by atoms with Gasteiger partial charge in [-0.1, -0.05) is 12.8 Å². The van der Waals surface area contributed by atoms with Crippen LogP contribution in [0.15, 0.2) is 0 Å². The highest BCUT2D eigenvalue weighted by atomic mass is 19.4. The van der Waals surface area contributed by atoms with Crippen LogP contribution >= 0.6 is 0 Å². The fraction of sp³-hybridized carbons (Fsp3) is 0.909. The van der Waals surface area contributed by atoms with Crippen LogP contribution in [0.1, 0.15) is 32.1 Å². The van der Waals surface area contributed by atoms with E-state index in [4.69, 9.17) is 0 Å². The highest BCUT2D eigenvalue weighted by molar-refractivity contribution is 5.75. The normalized spacial score (nSPS) is 29.0. The van der Waals surface area contributed by atoms with Crippen LogP contribution in [0.5, 0.6) is 0 Å². The predicted octanol–water partition coefficient (Wildman–Crippen LogP) is 2.52. The number of urea groups is 1. The molecule has 0 aromatic carbocycles. The number of carbonyl (C=O) groups is 1. The fourth-order valence-electron chi connectivity index (χ4n) is 2.94. The lowest BCUT2D eigenvalue weighted by molar-refractivity contribution is -0.123. The quantitative estimate of drug-likeness (QED) is 0.762. The summed E-state index contributed by atoms with van der Waals surface area (Å²) >= 11 is 0. The van der Waals surface area contributed by atoms with E-state index in [0.717, 1.165) is 25.7 Å². The fourth-order valence-corrected chi connectivity index (χ4v) is 2.94. The van der Waals surface area contributed by atoms with Crippen LogP contribution in [0.3, 0.4) is 0 Å². The van der Waals surface area contributed by atoms with Crippen LogP contribution in [-0.2, 0) is 0 Å². The Morgan fingerprint density at radius 2 is 1.94 bits per heavy atom. The molecule has 0 bridgehead atoms. The van der Waals surface area contributed by atoms with Gasteiger partial charge in [-0.25, -0.2) is 4.79 Å². The van der Waals surface area contributed by atoms with Crippen molar-refractivity contribution in [1.29, 1.82) is 0 Å². The number of halogens is 3. The molecular formula is C11H17F3N2O. The van der Waals surface area contributed by atoms with E-state index in [0.29, 0.717) is 12.5 Å². The van der Waals surface area contributed by atoms with Gasteiger partial charge in [0.2, 0.25) is 0 Å². The lowest BCUT2D eigenvalue weighted by Crippen LogP contribution is -2.47. The number of likely N-dealkylation sites (tertiary alicyclic amines) is 1. The van der Waals surface area contributed by atoms with E-state index >= 15 is 0 Å². The Morgan fingerprint density at radius 3 is 2.65 bits per heavy atom. The second-order valence-corrected chi connectivity index (χ2v) is 4.87. The Kier molecular flexibility index (Phi) is 3.49. The maximum atomic E-state index is 12.0. The lowest BCUT2D eigenvalue weighted by atomic mass is 9.85. The van der Waals surface area contributed by atoms with E-state index in [1.807, 2.05) is 5.32 Å². The highest BCUT2D eigenvalue weighted by Crippen LogP contribution is 2.36. The third kappa shape index (κ3) is 3.04. The van der Waals surface area contributed by atoms with Gasteiger partial charge in [0.1, 0.15) is 6.54 Å². The van der Waals surface area contributed by atoms with Crippen molar-refractivity contribution in [3.05, 3.63) is 0 Å². The Hall–Kier alpha value is -0.940. The minimum absolute atomic E-state index is 0.164. The van der Waals surface area contributed by atoms with Crippen molar-refractivity contribution in [3.8, 4) is 0 Å². The number of nitrogens with one attached hydrogen (secondary N) is 1. The van der Waals surface area contributed by atoms with Crippen LogP contribution < -0.4 is 5.32 Å². The van der Waals surface area contributed by atoms with Gasteiger partial charge in [-0.05, 0) is 25.2 Å². The monoisotopic (exact) mass is 250 g/mol. The van der Waals surface area contributed by atoms with Crippen molar-refractivity contribution >= 4 is 6.03 Å². The summed E-state index contributed by atoms with van der Waals surface area (Å²) in [6.07, 6.45) is 0.896. The van der Waals surface area contributed by atoms with Gasteiger partial charge in [0.15, 0.2) is 0 Å². The van der Waals surface area contributed by atoms with Crippen LogP contribution in [-0.4, -0.2) is 36.2 Å². The zero-order valence-electron chi connectivity index (χ0n) is 9.59. The number of fused-ring (bicyclic) bond motifs is 1. The topological polar surface area (TPSA) is 32.3 Å². The van der Waals surface area contributed by atoms with Crippen molar-refractivity contribution in [2.24, 2.45) is 5.92 Å². The molecule has 98 valence electrons. The number of nitrogens with zero attached hydrogens (tertiary/aromatic N) is 1. The molecule has 2 aliphatic rings. The van der Waals surface area contributed by atoms with E-state index in [9.17, 15) is 18.0 Å². The summed E-state index contributed by atoms with van der Waals surface area (Å²) in [5.74, 6) is 0.500. The molecule has 0 spiro atoms. The minimum Gasteiger partial charge on any atom is -0.329 e. The summed E-state index contributed by atoms with van der Waals surface area (Å²) in [6.45, 7) is -0.640. The molecule has 1 saturated carbocycles. The van der Waals surface area contributed by atoms with Gasteiger partial charge in [-0.2, -0.15) is 13.2 Å². The number of hydrogen-bond donors (Lipinski definition) is 1. The molecule has 2 atom stereocenters. The largest absolute Gasteiger partial charge is 0.405 e. The molecule has 1 saturated heterocycles. The number of rotatable bonds is 1. The second kappa shape index (κ2) is 4.74. The number of alkyl halides is 3. The van der Waals surface area contributed by atoms with Crippen LogP contribution in [0.25, 0.3) is 0 Å². The molecule has 1 aliphatic carbocycles. The highest BCUT2D eigenvalue weighted by Gasteiger charge is 2.39. The smallest absolute Gasteiger partial charge is 0.329 e. The average Bonchev–Trinajstić information content (AvgIpc) is 2.68. The lowest BCUT2D eigenvalue weighted by Gasteiger charge is -2.31. The number of hydrogen-bond acceptors (Lipinski definition) is 1. The summed E-state index contributed by atoms with van der Waals surface area (Å²) in [7, 11) is 0. The first-order chi connectivity index (χ1) is 7.97. The molecule has 17 heavy (non-hydrogen) atoms. The summed E-state index contributed by atoms with van der Waals surface area (Å²) in [4.78, 5) is 13.3. The van der Waals surface area contributed by atoms with Crippen LogP contribution in [0, 0.1) is 5.92 Å². The van der Waals surface area contributed by atoms with Gasteiger partial charge >= 0.3 is 12.2 Å². The maximum Gasteiger partial charge on any atom is 0.405 e. The van der Waals surface area contributed by atoms with Crippen molar-refractivity contribution in [2.75, 3.05) is 13.1 Å². The molecule has 6 heteroatoms. The van der Waals surface area contributed by atoms with Gasteiger partial charge in [-0.3, -0.25) is 0 Å². The van der Waals surface area contributed by atoms with Crippen LogP contribution in [0.4, 0.5) is 18.0 Å². The minimum atomic E-state index is -4.33. The Labute approximate surface area is 98.3 Å². The van der Waals surface area contributed by atoms with E-state index in [1.54, 1.807) is 4.90 Å². The first-order valence-corrected chi connectivity index (χ1v) is 6.08. The molecule has 1 N–H and O–H groups in total. The molecule has 0 aromatic heterocycles. The predicted molar refractivity (Wildman–Crippen MR) is 56.5 cm³/mol. The van der Waals surface area contributed by atoms with Crippen molar-refractivity contribution < 1.29 is 18.0 Å². The average molecular weight is 250 g/mol. The van der Waals surface area contributed by atoms with E-state index in [2.05, 4.69) is 0 Å². The summed E-state index contributed by atoms with van der Waals surface area (Å²) < 4.78 is 36.0. The van der Waals surface area contributed by atoms with Gasteiger partial charge in [0.05, 0.1) is 0 Å². The second-order valence-electron chi connectivity index (χ2n) is 4.87. The van der Waals surface area contributed by atoms with E-state index < -0.39 is 18.8 Å². The van der Waals surface area contributed by atoms with Gasteiger partial charge in [0, 0.05) is 12.6 Å². The maximum absolute atomic E-state index is 12.0. The summed E-state index contributed by atoms with van der Waals surface area (Å²) in [5, 5.41) is 1.96. The van der Waals surface area contributed by atoms with Crippen molar-refractivity contribution in [3.63, 3.8) is 0 Å². The zero-order valence-corrected chi connectivity index (χ0v) is 9.59. The van der Waals surface area contributed by atoms with E-state index in [1.165, 1.54) is 6.42 Å². The SMILES string of the molecule is O=C(NCC(F)(F)F)N1CCC2CCCCC21. The standard InChI is InChI=1S/C11H17F3N2O/c12-11(13,14)7-15-10(17)16-6-5-8-3-1-2-4-9(8)16/h8-9H,1-7H2,(H,15,17). The summed E-state index contributed by atoms with van der Waals surface area (Å²) in [6, 6.07) is -0.395. The van der Waals surface area contributed by atoms with E-state index in [-0.39, 0.29) is 6.04 Å². The molecule has 0 aromatic rings. The molecule has 2 unspecified atom stereocenters. The number of carbonyl (C=O) groups excluding carboxylic acids is 1. The first-order valence-electron chi connectivity index (χ1n) is 6.08. The number of amides is 2.